The molecule has 0 aromatic heterocycles. The van der Waals surface area contributed by atoms with Gasteiger partial charge in [0, 0.05) is 17.9 Å². The molecule has 0 aromatic rings. The van der Waals surface area contributed by atoms with E-state index < -0.39 is 0 Å². The molecule has 1 rings (SSSR count). The third kappa shape index (κ3) is 1.88. The summed E-state index contributed by atoms with van der Waals surface area (Å²) in [5, 5.41) is 3.37. The molecule has 2 nitrogen and oxygen atoms in total. The SMILES string of the molecule is CC(C)C1=CN(C(C)C)CN1. The number of rotatable bonds is 2. The Labute approximate surface area is 69.3 Å². The summed E-state index contributed by atoms with van der Waals surface area (Å²) in [5.74, 6) is 0.624. The average Bonchev–Trinajstić information content (AvgIpc) is 2.33. The Morgan fingerprint density at radius 3 is 2.27 bits per heavy atom. The molecule has 0 spiro atoms. The zero-order valence-corrected chi connectivity index (χ0v) is 7.89. The second kappa shape index (κ2) is 3.16. The monoisotopic (exact) mass is 154 g/mol. The lowest BCUT2D eigenvalue weighted by Crippen LogP contribution is -2.27. The summed E-state index contributed by atoms with van der Waals surface area (Å²) in [6.07, 6.45) is 2.23. The van der Waals surface area contributed by atoms with Crippen molar-refractivity contribution in [2.45, 2.75) is 33.7 Å². The molecule has 0 amide bonds. The Balaban J connectivity index is 2.54. The maximum Gasteiger partial charge on any atom is 0.0872 e. The minimum Gasteiger partial charge on any atom is -0.370 e. The van der Waals surface area contributed by atoms with Crippen molar-refractivity contribution in [3.63, 3.8) is 0 Å². The summed E-state index contributed by atoms with van der Waals surface area (Å²) in [5.41, 5.74) is 1.36. The van der Waals surface area contributed by atoms with E-state index in [1.54, 1.807) is 0 Å². The van der Waals surface area contributed by atoms with Gasteiger partial charge in [0.1, 0.15) is 0 Å². The minimum atomic E-state index is 0.610. The van der Waals surface area contributed by atoms with Crippen LogP contribution in [0.5, 0.6) is 0 Å². The Morgan fingerprint density at radius 2 is 2.00 bits per heavy atom. The predicted molar refractivity (Wildman–Crippen MR) is 47.9 cm³/mol. The third-order valence-corrected chi connectivity index (χ3v) is 2.06. The quantitative estimate of drug-likeness (QED) is 0.652. The van der Waals surface area contributed by atoms with Crippen LogP contribution in [0.1, 0.15) is 27.7 Å². The molecular weight excluding hydrogens is 136 g/mol. The van der Waals surface area contributed by atoms with E-state index in [0.29, 0.717) is 12.0 Å². The summed E-state index contributed by atoms with van der Waals surface area (Å²) in [6.45, 7) is 9.82. The van der Waals surface area contributed by atoms with Gasteiger partial charge in [0.05, 0.1) is 6.67 Å². The van der Waals surface area contributed by atoms with E-state index >= 15 is 0 Å². The van der Waals surface area contributed by atoms with Crippen LogP contribution in [0.15, 0.2) is 11.9 Å². The van der Waals surface area contributed by atoms with Crippen LogP contribution in [0.3, 0.4) is 0 Å². The van der Waals surface area contributed by atoms with Gasteiger partial charge in [0.15, 0.2) is 0 Å². The number of allylic oxidation sites excluding steroid dienone is 1. The van der Waals surface area contributed by atoms with Crippen LogP contribution in [0.2, 0.25) is 0 Å². The Morgan fingerprint density at radius 1 is 1.36 bits per heavy atom. The number of nitrogens with one attached hydrogen (secondary N) is 1. The highest BCUT2D eigenvalue weighted by molar-refractivity contribution is 5.07. The Hall–Kier alpha value is -0.660. The van der Waals surface area contributed by atoms with Crippen molar-refractivity contribution in [1.29, 1.82) is 0 Å². The smallest absolute Gasteiger partial charge is 0.0872 e. The molecule has 1 aliphatic heterocycles. The molecule has 0 unspecified atom stereocenters. The molecule has 0 saturated heterocycles. The lowest BCUT2D eigenvalue weighted by atomic mass is 10.1. The van der Waals surface area contributed by atoms with Gasteiger partial charge in [0.2, 0.25) is 0 Å². The number of nitrogens with zero attached hydrogens (tertiary/aromatic N) is 1. The highest BCUT2D eigenvalue weighted by Crippen LogP contribution is 2.14. The normalized spacial score (nSPS) is 17.6. The maximum absolute atomic E-state index is 3.37. The van der Waals surface area contributed by atoms with Crippen LogP contribution in [0.25, 0.3) is 0 Å². The third-order valence-electron chi connectivity index (χ3n) is 2.06. The van der Waals surface area contributed by atoms with Crippen LogP contribution in [-0.4, -0.2) is 17.6 Å². The highest BCUT2D eigenvalue weighted by atomic mass is 15.3. The molecule has 1 N–H and O–H groups in total. The molecule has 0 aliphatic carbocycles. The first kappa shape index (κ1) is 8.44. The standard InChI is InChI=1S/C9H18N2/c1-7(2)9-5-11(6-10-9)8(3)4/h5,7-8,10H,6H2,1-4H3. The van der Waals surface area contributed by atoms with Crippen molar-refractivity contribution >= 4 is 0 Å². The van der Waals surface area contributed by atoms with Crippen LogP contribution < -0.4 is 5.32 Å². The highest BCUT2D eigenvalue weighted by Gasteiger charge is 2.15. The number of hydrogen-bond donors (Lipinski definition) is 1. The van der Waals surface area contributed by atoms with Gasteiger partial charge in [-0.2, -0.15) is 0 Å². The zero-order valence-electron chi connectivity index (χ0n) is 7.89. The molecule has 1 heterocycles. The molecule has 0 saturated carbocycles. The first-order chi connectivity index (χ1) is 5.11. The second-order valence-corrected chi connectivity index (χ2v) is 3.68. The van der Waals surface area contributed by atoms with Gasteiger partial charge in [-0.25, -0.2) is 0 Å². The predicted octanol–water partition coefficient (Wildman–Crippen LogP) is 1.75. The van der Waals surface area contributed by atoms with E-state index in [0.717, 1.165) is 6.67 Å². The zero-order chi connectivity index (χ0) is 8.43. The van der Waals surface area contributed by atoms with Crippen molar-refractivity contribution in [3.05, 3.63) is 11.9 Å². The van der Waals surface area contributed by atoms with Crippen LogP contribution in [0.4, 0.5) is 0 Å². The maximum atomic E-state index is 3.37. The van der Waals surface area contributed by atoms with Crippen molar-refractivity contribution in [3.8, 4) is 0 Å². The fraction of sp³-hybridized carbons (Fsp3) is 0.778. The van der Waals surface area contributed by atoms with Gasteiger partial charge in [-0.3, -0.25) is 0 Å². The molecule has 11 heavy (non-hydrogen) atoms. The molecule has 0 bridgehead atoms. The molecular formula is C9H18N2. The summed E-state index contributed by atoms with van der Waals surface area (Å²) in [4.78, 5) is 2.31. The summed E-state index contributed by atoms with van der Waals surface area (Å²) in [7, 11) is 0. The van der Waals surface area contributed by atoms with Crippen LogP contribution >= 0.6 is 0 Å². The molecule has 0 atom stereocenters. The van der Waals surface area contributed by atoms with Crippen molar-refractivity contribution in [2.24, 2.45) is 5.92 Å². The van der Waals surface area contributed by atoms with Crippen LogP contribution in [-0.2, 0) is 0 Å². The average molecular weight is 154 g/mol. The summed E-state index contributed by atoms with van der Waals surface area (Å²) < 4.78 is 0. The number of hydrogen-bond acceptors (Lipinski definition) is 2. The molecule has 0 radical (unpaired) electrons. The van der Waals surface area contributed by atoms with Crippen molar-refractivity contribution < 1.29 is 0 Å². The van der Waals surface area contributed by atoms with Gasteiger partial charge < -0.3 is 10.2 Å². The molecule has 0 fully saturated rings. The fourth-order valence-electron chi connectivity index (χ4n) is 1.14. The molecule has 0 aromatic carbocycles. The molecule has 2 heteroatoms. The minimum absolute atomic E-state index is 0.610. The Kier molecular flexibility index (Phi) is 2.42. The van der Waals surface area contributed by atoms with E-state index in [4.69, 9.17) is 0 Å². The first-order valence-electron chi connectivity index (χ1n) is 4.32. The topological polar surface area (TPSA) is 15.3 Å². The molecule has 1 aliphatic rings. The van der Waals surface area contributed by atoms with E-state index in [1.165, 1.54) is 5.70 Å². The Bertz CT molecular complexity index is 159. The lowest BCUT2D eigenvalue weighted by molar-refractivity contribution is 0.324. The van der Waals surface area contributed by atoms with E-state index in [1.807, 2.05) is 0 Å². The lowest BCUT2D eigenvalue weighted by Gasteiger charge is -2.18. The largest absolute Gasteiger partial charge is 0.370 e. The van der Waals surface area contributed by atoms with E-state index in [-0.39, 0.29) is 0 Å². The van der Waals surface area contributed by atoms with Gasteiger partial charge >= 0.3 is 0 Å². The fourth-order valence-corrected chi connectivity index (χ4v) is 1.14. The van der Waals surface area contributed by atoms with E-state index in [9.17, 15) is 0 Å². The van der Waals surface area contributed by atoms with Gasteiger partial charge in [-0.1, -0.05) is 13.8 Å². The first-order valence-corrected chi connectivity index (χ1v) is 4.32. The van der Waals surface area contributed by atoms with Gasteiger partial charge in [0.25, 0.3) is 0 Å². The van der Waals surface area contributed by atoms with E-state index in [2.05, 4.69) is 44.1 Å². The molecule has 64 valence electrons. The van der Waals surface area contributed by atoms with Crippen LogP contribution in [0, 0.1) is 5.92 Å². The summed E-state index contributed by atoms with van der Waals surface area (Å²) >= 11 is 0. The van der Waals surface area contributed by atoms with Crippen molar-refractivity contribution in [1.82, 2.24) is 10.2 Å². The van der Waals surface area contributed by atoms with Crippen molar-refractivity contribution in [2.75, 3.05) is 6.67 Å². The van der Waals surface area contributed by atoms with Gasteiger partial charge in [-0.15, -0.1) is 0 Å². The summed E-state index contributed by atoms with van der Waals surface area (Å²) in [6, 6.07) is 0.610. The van der Waals surface area contributed by atoms with Gasteiger partial charge in [-0.05, 0) is 19.8 Å². The second-order valence-electron chi connectivity index (χ2n) is 3.68.